The van der Waals surface area contributed by atoms with Crippen LogP contribution in [0.3, 0.4) is 0 Å². The second kappa shape index (κ2) is 36.0. The maximum atomic E-state index is 12.7. The Bertz CT molecular complexity index is 1320. The molecule has 0 spiro atoms. The molecular weight excluding hydrogens is 777 g/mol. The number of rotatable bonds is 36. The van der Waals surface area contributed by atoms with Crippen molar-refractivity contribution in [3.63, 3.8) is 0 Å². The Hall–Kier alpha value is -2.65. The first-order valence-electron chi connectivity index (χ1n) is 22.3. The summed E-state index contributed by atoms with van der Waals surface area (Å²) in [6, 6.07) is 0. The van der Waals surface area contributed by atoms with Crippen molar-refractivity contribution in [1.82, 2.24) is 0 Å². The number of aliphatic hydroxyl groups is 3. The molecule has 0 aliphatic carbocycles. The molecule has 0 amide bonds. The summed E-state index contributed by atoms with van der Waals surface area (Å²) in [6.07, 6.45) is 34.4. The zero-order valence-corrected chi connectivity index (χ0v) is 36.9. The molecule has 1 fully saturated rings. The van der Waals surface area contributed by atoms with Crippen molar-refractivity contribution in [3.8, 4) is 0 Å². The zero-order valence-electron chi connectivity index (χ0n) is 36.1. The number of carbonyl (C=O) groups excluding carboxylic acids is 2. The second-order valence-electron chi connectivity index (χ2n) is 15.4. The van der Waals surface area contributed by atoms with Crippen molar-refractivity contribution >= 4 is 22.1 Å². The molecule has 0 saturated carbocycles. The lowest BCUT2D eigenvalue weighted by Gasteiger charge is -2.40. The van der Waals surface area contributed by atoms with Crippen molar-refractivity contribution in [2.45, 2.75) is 198 Å². The monoisotopic (exact) mass is 855 g/mol. The van der Waals surface area contributed by atoms with Crippen molar-refractivity contribution < 1.29 is 56.8 Å². The molecule has 6 unspecified atom stereocenters. The molecule has 0 aromatic rings. The molecule has 4 N–H and O–H groups in total. The molecule has 1 rings (SSSR count). The lowest BCUT2D eigenvalue weighted by atomic mass is 10.00. The fourth-order valence-corrected chi connectivity index (χ4v) is 7.15. The minimum absolute atomic E-state index is 0.0684. The third kappa shape index (κ3) is 30.9. The van der Waals surface area contributed by atoms with Gasteiger partial charge >= 0.3 is 11.9 Å². The van der Waals surface area contributed by atoms with Crippen LogP contribution in [-0.2, 0) is 38.7 Å². The number of carbonyl (C=O) groups is 2. The highest BCUT2D eigenvalue weighted by Crippen LogP contribution is 2.24. The van der Waals surface area contributed by atoms with Gasteiger partial charge in [0.25, 0.3) is 10.1 Å². The van der Waals surface area contributed by atoms with E-state index < -0.39 is 71.2 Å². The fraction of sp³-hybridized carbons (Fsp3) is 0.739. The van der Waals surface area contributed by atoms with E-state index >= 15 is 0 Å². The van der Waals surface area contributed by atoms with Crippen molar-refractivity contribution in [2.75, 3.05) is 19.0 Å². The van der Waals surface area contributed by atoms with Crippen LogP contribution in [0.4, 0.5) is 0 Å². The first-order chi connectivity index (χ1) is 28.5. The minimum Gasteiger partial charge on any atom is -0.462 e. The molecule has 6 atom stereocenters. The van der Waals surface area contributed by atoms with Crippen LogP contribution in [0.15, 0.2) is 60.8 Å². The summed E-state index contributed by atoms with van der Waals surface area (Å²) >= 11 is 0. The lowest BCUT2D eigenvalue weighted by Crippen LogP contribution is -2.60. The van der Waals surface area contributed by atoms with E-state index in [0.29, 0.717) is 12.8 Å². The normalized spacial score (nSPS) is 20.8. The second-order valence-corrected chi connectivity index (χ2v) is 16.9. The van der Waals surface area contributed by atoms with Gasteiger partial charge in [-0.15, -0.1) is 0 Å². The first kappa shape index (κ1) is 54.4. The van der Waals surface area contributed by atoms with E-state index in [9.17, 15) is 37.9 Å². The molecule has 0 aromatic heterocycles. The minimum atomic E-state index is -4.61. The van der Waals surface area contributed by atoms with Crippen LogP contribution in [0.2, 0.25) is 0 Å². The molecule has 0 aromatic carbocycles. The van der Waals surface area contributed by atoms with Crippen LogP contribution >= 0.6 is 0 Å². The van der Waals surface area contributed by atoms with Gasteiger partial charge in [-0.1, -0.05) is 171 Å². The number of aliphatic hydroxyl groups excluding tert-OH is 3. The number of hydrogen-bond donors (Lipinski definition) is 4. The quantitative estimate of drug-likeness (QED) is 0.0203. The van der Waals surface area contributed by atoms with E-state index in [1.807, 2.05) is 18.2 Å². The number of allylic oxidation sites excluding steroid dienone is 9. The van der Waals surface area contributed by atoms with Gasteiger partial charge in [0.1, 0.15) is 36.8 Å². The third-order valence-corrected chi connectivity index (χ3v) is 10.6. The van der Waals surface area contributed by atoms with Crippen molar-refractivity contribution in [1.29, 1.82) is 0 Å². The van der Waals surface area contributed by atoms with Gasteiger partial charge in [-0.2, -0.15) is 8.42 Å². The summed E-state index contributed by atoms with van der Waals surface area (Å²) in [5, 5.41) is 30.8. The highest BCUT2D eigenvalue weighted by molar-refractivity contribution is 7.85. The SMILES string of the molecule is CC/C=C\C/C=C\C/C=C\C/C=C\C/C=C\CC(=O)OC(COC(=O)CCCCCCCCCCCCCCCCCC)COC1OC(CS(=O)(=O)O)C(O)C(O)C1O. The molecule has 1 aliphatic heterocycles. The molecule has 0 radical (unpaired) electrons. The Kier molecular flexibility index (Phi) is 33.2. The summed E-state index contributed by atoms with van der Waals surface area (Å²) in [6.45, 7) is 3.56. The van der Waals surface area contributed by atoms with Crippen molar-refractivity contribution in [3.05, 3.63) is 60.8 Å². The summed E-state index contributed by atoms with van der Waals surface area (Å²) in [4.78, 5) is 25.3. The van der Waals surface area contributed by atoms with E-state index in [1.54, 1.807) is 6.08 Å². The number of hydrogen-bond acceptors (Lipinski definition) is 11. The molecular formula is C46H78O12S. The zero-order chi connectivity index (χ0) is 43.4. The molecule has 0 bridgehead atoms. The predicted molar refractivity (Wildman–Crippen MR) is 233 cm³/mol. The molecule has 1 heterocycles. The maximum absolute atomic E-state index is 12.7. The van der Waals surface area contributed by atoms with Gasteiger partial charge in [0.05, 0.1) is 13.0 Å². The number of ether oxygens (including phenoxy) is 4. The Morgan fingerprint density at radius 2 is 1.05 bits per heavy atom. The van der Waals surface area contributed by atoms with E-state index in [0.717, 1.165) is 44.9 Å². The standard InChI is InChI=1S/C46H78O12S/c1-3-5-7-9-11-13-15-17-19-21-22-24-26-28-30-32-34-41(47)55-36-39(37-56-46-45(51)44(50)43(49)40(58-46)38-59(52,53)54)57-42(48)35-33-31-29-27-25-23-20-18-16-14-12-10-8-6-4-2/h6,8,12,14,18,20,25,27,31,33,39-40,43-46,49-51H,3-5,7,9-11,13,15-17,19,21-24,26,28-30,32,34-38H2,1-2H3,(H,52,53,54)/b8-6-,14-12-,20-18-,27-25-,33-31-. The van der Waals surface area contributed by atoms with E-state index in [4.69, 9.17) is 18.9 Å². The van der Waals surface area contributed by atoms with Gasteiger partial charge in [-0.25, -0.2) is 0 Å². The molecule has 1 saturated heterocycles. The van der Waals surface area contributed by atoms with E-state index in [1.165, 1.54) is 77.0 Å². The van der Waals surface area contributed by atoms with E-state index in [2.05, 4.69) is 50.3 Å². The number of unbranched alkanes of at least 4 members (excludes halogenated alkanes) is 15. The molecule has 1 aliphatic rings. The van der Waals surface area contributed by atoms with Gasteiger partial charge in [0.15, 0.2) is 12.4 Å². The Morgan fingerprint density at radius 1 is 0.593 bits per heavy atom. The summed E-state index contributed by atoms with van der Waals surface area (Å²) in [5.74, 6) is -2.14. The summed E-state index contributed by atoms with van der Waals surface area (Å²) in [7, 11) is -4.61. The first-order valence-corrected chi connectivity index (χ1v) is 24.0. The average Bonchev–Trinajstić information content (AvgIpc) is 3.20. The lowest BCUT2D eigenvalue weighted by molar-refractivity contribution is -0.297. The van der Waals surface area contributed by atoms with Gasteiger partial charge < -0.3 is 34.3 Å². The van der Waals surface area contributed by atoms with Crippen LogP contribution in [0.5, 0.6) is 0 Å². The molecule has 13 heteroatoms. The van der Waals surface area contributed by atoms with Gasteiger partial charge in [0, 0.05) is 6.42 Å². The van der Waals surface area contributed by atoms with Crippen LogP contribution in [-0.4, -0.2) is 96.0 Å². The predicted octanol–water partition coefficient (Wildman–Crippen LogP) is 8.95. The van der Waals surface area contributed by atoms with Gasteiger partial charge in [0.2, 0.25) is 0 Å². The van der Waals surface area contributed by atoms with Crippen LogP contribution in [0.1, 0.15) is 162 Å². The summed E-state index contributed by atoms with van der Waals surface area (Å²) < 4.78 is 53.9. The Morgan fingerprint density at radius 3 is 1.53 bits per heavy atom. The average molecular weight is 855 g/mol. The topological polar surface area (TPSA) is 186 Å². The van der Waals surface area contributed by atoms with Crippen LogP contribution in [0.25, 0.3) is 0 Å². The van der Waals surface area contributed by atoms with Gasteiger partial charge in [-0.05, 0) is 38.5 Å². The largest absolute Gasteiger partial charge is 0.462 e. The smallest absolute Gasteiger partial charge is 0.310 e. The maximum Gasteiger partial charge on any atom is 0.310 e. The highest BCUT2D eigenvalue weighted by Gasteiger charge is 2.46. The van der Waals surface area contributed by atoms with Crippen LogP contribution in [0, 0.1) is 0 Å². The van der Waals surface area contributed by atoms with E-state index in [-0.39, 0.29) is 19.4 Å². The summed E-state index contributed by atoms with van der Waals surface area (Å²) in [5.41, 5.74) is 0. The Balaban J connectivity index is 2.51. The van der Waals surface area contributed by atoms with Crippen molar-refractivity contribution in [2.24, 2.45) is 0 Å². The Labute approximate surface area is 355 Å². The highest BCUT2D eigenvalue weighted by atomic mass is 32.2. The number of esters is 2. The third-order valence-electron chi connectivity index (χ3n) is 9.89. The molecule has 340 valence electrons. The van der Waals surface area contributed by atoms with Crippen LogP contribution < -0.4 is 0 Å². The molecule has 12 nitrogen and oxygen atoms in total. The van der Waals surface area contributed by atoms with Gasteiger partial charge in [-0.3, -0.25) is 14.1 Å². The molecule has 59 heavy (non-hydrogen) atoms. The fourth-order valence-electron chi connectivity index (χ4n) is 6.46.